The van der Waals surface area contributed by atoms with Crippen LogP contribution in [-0.2, 0) is 0 Å². The monoisotopic (exact) mass is 326 g/mol. The minimum Gasteiger partial charge on any atom is -0.396 e. The van der Waals surface area contributed by atoms with Gasteiger partial charge in [-0.3, -0.25) is 4.79 Å². The first-order valence-corrected chi connectivity index (χ1v) is 6.08. The zero-order valence-electron chi connectivity index (χ0n) is 9.58. The summed E-state index contributed by atoms with van der Waals surface area (Å²) in [6.07, 6.45) is 0. The van der Waals surface area contributed by atoms with Crippen molar-refractivity contribution in [2.24, 2.45) is 0 Å². The van der Waals surface area contributed by atoms with Gasteiger partial charge in [-0.1, -0.05) is 6.07 Å². The van der Waals surface area contributed by atoms with Crippen LogP contribution in [0.25, 0.3) is 0 Å². The van der Waals surface area contributed by atoms with E-state index in [1.165, 1.54) is 30.3 Å². The largest absolute Gasteiger partial charge is 0.396 e. The first-order valence-electron chi connectivity index (χ1n) is 5.29. The van der Waals surface area contributed by atoms with E-state index in [1.54, 1.807) is 0 Å². The number of nitrogens with two attached hydrogens (primary N) is 1. The quantitative estimate of drug-likeness (QED) is 0.829. The molecule has 0 aliphatic heterocycles. The van der Waals surface area contributed by atoms with Gasteiger partial charge >= 0.3 is 0 Å². The van der Waals surface area contributed by atoms with Crippen molar-refractivity contribution in [3.05, 3.63) is 58.1 Å². The van der Waals surface area contributed by atoms with E-state index in [4.69, 9.17) is 5.73 Å². The molecule has 0 saturated carbocycles. The van der Waals surface area contributed by atoms with Gasteiger partial charge in [-0.25, -0.2) is 8.78 Å². The van der Waals surface area contributed by atoms with Gasteiger partial charge in [0.05, 0.1) is 15.7 Å². The molecule has 2 rings (SSSR count). The van der Waals surface area contributed by atoms with Crippen molar-refractivity contribution < 1.29 is 13.6 Å². The average Bonchev–Trinajstić information content (AvgIpc) is 2.37. The Morgan fingerprint density at radius 1 is 1.21 bits per heavy atom. The molecule has 98 valence electrons. The highest BCUT2D eigenvalue weighted by atomic mass is 79.9. The summed E-state index contributed by atoms with van der Waals surface area (Å²) in [6, 6.07) is 8.18. The van der Waals surface area contributed by atoms with Crippen LogP contribution in [0.5, 0.6) is 0 Å². The van der Waals surface area contributed by atoms with E-state index in [-0.39, 0.29) is 21.4 Å². The second-order valence-corrected chi connectivity index (χ2v) is 4.65. The molecule has 0 bridgehead atoms. The Kier molecular flexibility index (Phi) is 3.80. The van der Waals surface area contributed by atoms with Crippen molar-refractivity contribution in [2.75, 3.05) is 11.1 Å². The molecule has 0 aliphatic rings. The van der Waals surface area contributed by atoms with Gasteiger partial charge in [0, 0.05) is 5.69 Å². The zero-order chi connectivity index (χ0) is 14.0. The van der Waals surface area contributed by atoms with E-state index in [2.05, 4.69) is 21.2 Å². The summed E-state index contributed by atoms with van der Waals surface area (Å²) in [5, 5.41) is 2.40. The van der Waals surface area contributed by atoms with Crippen LogP contribution in [0.3, 0.4) is 0 Å². The maximum Gasteiger partial charge on any atom is 0.258 e. The minimum absolute atomic E-state index is 0.0216. The van der Waals surface area contributed by atoms with Crippen molar-refractivity contribution in [2.45, 2.75) is 0 Å². The maximum atomic E-state index is 13.7. The first kappa shape index (κ1) is 13.5. The third-order valence-corrected chi connectivity index (χ3v) is 3.07. The molecule has 0 aliphatic carbocycles. The lowest BCUT2D eigenvalue weighted by Gasteiger charge is -2.07. The molecule has 0 unspecified atom stereocenters. The third-order valence-electron chi connectivity index (χ3n) is 2.45. The summed E-state index contributed by atoms with van der Waals surface area (Å²) in [5.74, 6) is -1.98. The molecule has 3 nitrogen and oxygen atoms in total. The topological polar surface area (TPSA) is 55.1 Å². The van der Waals surface area contributed by atoms with Crippen molar-refractivity contribution >= 4 is 33.2 Å². The van der Waals surface area contributed by atoms with Crippen LogP contribution in [0.2, 0.25) is 0 Å². The van der Waals surface area contributed by atoms with Crippen molar-refractivity contribution in [3.63, 3.8) is 0 Å². The number of rotatable bonds is 2. The van der Waals surface area contributed by atoms with Crippen LogP contribution in [0.4, 0.5) is 20.2 Å². The van der Waals surface area contributed by atoms with Gasteiger partial charge in [0.15, 0.2) is 0 Å². The minimum atomic E-state index is -0.670. The van der Waals surface area contributed by atoms with Gasteiger partial charge in [-0.2, -0.15) is 0 Å². The number of hydrogen-bond donors (Lipinski definition) is 2. The van der Waals surface area contributed by atoms with Crippen molar-refractivity contribution in [1.29, 1.82) is 0 Å². The van der Waals surface area contributed by atoms with Gasteiger partial charge in [-0.15, -0.1) is 0 Å². The van der Waals surface area contributed by atoms with Gasteiger partial charge in [0.1, 0.15) is 11.6 Å². The second-order valence-electron chi connectivity index (χ2n) is 3.79. The average molecular weight is 327 g/mol. The Labute approximate surface area is 116 Å². The van der Waals surface area contributed by atoms with Crippen LogP contribution in [-0.4, -0.2) is 5.91 Å². The van der Waals surface area contributed by atoms with Crippen LogP contribution < -0.4 is 11.1 Å². The fraction of sp³-hybridized carbons (Fsp3) is 0. The predicted molar refractivity (Wildman–Crippen MR) is 72.9 cm³/mol. The predicted octanol–water partition coefficient (Wildman–Crippen LogP) is 3.56. The molecule has 0 aromatic heterocycles. The molecule has 6 heteroatoms. The van der Waals surface area contributed by atoms with E-state index in [0.29, 0.717) is 0 Å². The maximum absolute atomic E-state index is 13.7. The summed E-state index contributed by atoms with van der Waals surface area (Å²) in [6.45, 7) is 0. The molecule has 0 fully saturated rings. The summed E-state index contributed by atoms with van der Waals surface area (Å²) in [4.78, 5) is 11.9. The molecule has 3 N–H and O–H groups in total. The van der Waals surface area contributed by atoms with Crippen LogP contribution >= 0.6 is 15.9 Å². The second kappa shape index (κ2) is 5.36. The lowest BCUT2D eigenvalue weighted by Crippen LogP contribution is -2.14. The summed E-state index contributed by atoms with van der Waals surface area (Å²) < 4.78 is 27.1. The molecule has 19 heavy (non-hydrogen) atoms. The van der Waals surface area contributed by atoms with Gasteiger partial charge in [0.25, 0.3) is 5.91 Å². The van der Waals surface area contributed by atoms with Crippen LogP contribution in [0.1, 0.15) is 10.4 Å². The van der Waals surface area contributed by atoms with Gasteiger partial charge in [0.2, 0.25) is 0 Å². The van der Waals surface area contributed by atoms with E-state index in [0.717, 1.165) is 6.07 Å². The number of amides is 1. The van der Waals surface area contributed by atoms with Crippen LogP contribution in [0, 0.1) is 11.6 Å². The summed E-state index contributed by atoms with van der Waals surface area (Å²) in [5.41, 5.74) is 5.37. The Morgan fingerprint density at radius 2 is 1.95 bits per heavy atom. The van der Waals surface area contributed by atoms with E-state index >= 15 is 0 Å². The number of carbonyl (C=O) groups is 1. The normalized spacial score (nSPS) is 10.3. The Bertz CT molecular complexity index is 647. The number of hydrogen-bond acceptors (Lipinski definition) is 2. The number of anilines is 2. The molecular formula is C13H9BrF2N2O. The Hall–Kier alpha value is -1.95. The Morgan fingerprint density at radius 3 is 2.63 bits per heavy atom. The van der Waals surface area contributed by atoms with Crippen LogP contribution in [0.15, 0.2) is 40.9 Å². The third kappa shape index (κ3) is 2.90. The first-order chi connectivity index (χ1) is 8.99. The molecule has 0 atom stereocenters. The molecule has 2 aromatic rings. The highest BCUT2D eigenvalue weighted by Crippen LogP contribution is 2.21. The number of nitrogens with one attached hydrogen (secondary N) is 1. The highest BCUT2D eigenvalue weighted by molar-refractivity contribution is 9.10. The lowest BCUT2D eigenvalue weighted by molar-refractivity contribution is 0.102. The van der Waals surface area contributed by atoms with E-state index in [1.807, 2.05) is 0 Å². The number of benzene rings is 2. The summed E-state index contributed by atoms with van der Waals surface area (Å²) in [7, 11) is 0. The van der Waals surface area contributed by atoms with Crippen molar-refractivity contribution in [3.8, 4) is 0 Å². The SMILES string of the molecule is Nc1ccc(NC(=O)c2cccc(Br)c2F)cc1F. The number of carbonyl (C=O) groups excluding carboxylic acids is 1. The zero-order valence-corrected chi connectivity index (χ0v) is 11.2. The van der Waals surface area contributed by atoms with E-state index < -0.39 is 17.5 Å². The highest BCUT2D eigenvalue weighted by Gasteiger charge is 2.14. The summed E-state index contributed by atoms with van der Waals surface area (Å²) >= 11 is 2.99. The molecular weight excluding hydrogens is 318 g/mol. The smallest absolute Gasteiger partial charge is 0.258 e. The fourth-order valence-corrected chi connectivity index (χ4v) is 1.85. The van der Waals surface area contributed by atoms with Crippen molar-refractivity contribution in [1.82, 2.24) is 0 Å². The Balaban J connectivity index is 2.26. The van der Waals surface area contributed by atoms with Gasteiger partial charge < -0.3 is 11.1 Å². The molecule has 2 aromatic carbocycles. The number of halogens is 3. The fourth-order valence-electron chi connectivity index (χ4n) is 1.48. The molecule has 0 heterocycles. The standard InChI is InChI=1S/C13H9BrF2N2O/c14-9-3-1-2-8(12(9)16)13(19)18-7-4-5-11(17)10(15)6-7/h1-6H,17H2,(H,18,19). The molecule has 0 spiro atoms. The lowest BCUT2D eigenvalue weighted by atomic mass is 10.2. The molecule has 0 saturated heterocycles. The molecule has 1 amide bonds. The number of nitrogen functional groups attached to an aromatic ring is 1. The van der Waals surface area contributed by atoms with Gasteiger partial charge in [-0.05, 0) is 46.3 Å². The van der Waals surface area contributed by atoms with E-state index in [9.17, 15) is 13.6 Å². The molecule has 0 radical (unpaired) electrons.